The quantitative estimate of drug-likeness (QED) is 0.744. The van der Waals surface area contributed by atoms with Crippen molar-refractivity contribution >= 4 is 28.3 Å². The molecule has 8 heteroatoms. The third-order valence-electron chi connectivity index (χ3n) is 4.01. The van der Waals surface area contributed by atoms with Gasteiger partial charge in [0.05, 0.1) is 25.4 Å². The van der Waals surface area contributed by atoms with Crippen molar-refractivity contribution in [2.75, 3.05) is 20.2 Å². The molecule has 1 unspecified atom stereocenters. The number of nitrogens with one attached hydrogen (secondary N) is 2. The first-order valence-electron chi connectivity index (χ1n) is 7.29. The third-order valence-corrected chi connectivity index (χ3v) is 4.42. The maximum absolute atomic E-state index is 11.5. The van der Waals surface area contributed by atoms with E-state index in [4.69, 9.17) is 0 Å². The lowest BCUT2D eigenvalue weighted by Crippen LogP contribution is -2.47. The number of nitrogens with zero attached hydrogens (tertiary/aromatic N) is 2. The van der Waals surface area contributed by atoms with Crippen LogP contribution >= 0.6 is 15.9 Å². The van der Waals surface area contributed by atoms with E-state index in [1.54, 1.807) is 13.1 Å². The smallest absolute Gasteiger partial charge is 0.407 e. The molecule has 0 aliphatic carbocycles. The molecule has 0 spiro atoms. The van der Waals surface area contributed by atoms with Crippen molar-refractivity contribution in [2.24, 2.45) is 5.92 Å². The summed E-state index contributed by atoms with van der Waals surface area (Å²) < 4.78 is 5.49. The number of rotatable bonds is 6. The topological polar surface area (TPSA) is 87.3 Å². The van der Waals surface area contributed by atoms with Gasteiger partial charge in [-0.05, 0) is 35.3 Å². The Morgan fingerprint density at radius 3 is 3.09 bits per heavy atom. The van der Waals surface area contributed by atoms with Gasteiger partial charge in [0.2, 0.25) is 0 Å². The van der Waals surface area contributed by atoms with Gasteiger partial charge in [0.15, 0.2) is 0 Å². The predicted molar refractivity (Wildman–Crippen MR) is 84.4 cm³/mol. The van der Waals surface area contributed by atoms with Crippen molar-refractivity contribution in [1.29, 1.82) is 0 Å². The number of methoxy groups -OCH3 is 1. The van der Waals surface area contributed by atoms with Crippen molar-refractivity contribution in [3.8, 4) is 0 Å². The van der Waals surface area contributed by atoms with E-state index in [1.165, 1.54) is 7.11 Å². The van der Waals surface area contributed by atoms with E-state index in [2.05, 4.69) is 40.9 Å². The minimum Gasteiger partial charge on any atom is -0.453 e. The molecule has 3 atom stereocenters. The van der Waals surface area contributed by atoms with Gasteiger partial charge in [0.25, 0.3) is 0 Å². The zero-order chi connectivity index (χ0) is 16.1. The van der Waals surface area contributed by atoms with Gasteiger partial charge in [-0.3, -0.25) is 4.90 Å². The number of hydrogen-bond donors (Lipinski definition) is 2. The molecule has 1 aliphatic rings. The van der Waals surface area contributed by atoms with Crippen molar-refractivity contribution in [2.45, 2.75) is 31.8 Å². The number of halogens is 1. The summed E-state index contributed by atoms with van der Waals surface area (Å²) in [6.07, 6.45) is 4.14. The second-order valence-electron chi connectivity index (χ2n) is 5.51. The Balaban J connectivity index is 2.07. The second kappa shape index (κ2) is 7.73. The van der Waals surface area contributed by atoms with E-state index in [9.17, 15) is 9.59 Å². The molecule has 1 saturated heterocycles. The molecular formula is C14H21BrN4O3. The molecule has 1 fully saturated rings. The van der Waals surface area contributed by atoms with Crippen molar-refractivity contribution < 1.29 is 14.3 Å². The highest BCUT2D eigenvalue weighted by Crippen LogP contribution is 2.31. The summed E-state index contributed by atoms with van der Waals surface area (Å²) >= 11 is 3.37. The van der Waals surface area contributed by atoms with Crippen LogP contribution in [0.5, 0.6) is 0 Å². The summed E-state index contributed by atoms with van der Waals surface area (Å²) in [5, 5.41) is 2.75. The molecular weight excluding hydrogens is 352 g/mol. The van der Waals surface area contributed by atoms with E-state index >= 15 is 0 Å². The number of aromatic nitrogens is 2. The number of aromatic amines is 1. The standard InChI is InChI=1S/C14H21BrN4O3/c1-9(8-20)10(17-14(21)22-2)7-19-5-3-4-11(19)13-16-6-12(15)18-13/h6,8-11H,3-5,7H2,1-2H3,(H,16,18)(H,17,21)/t9?,10-,11+/m1/s1. The molecule has 7 nitrogen and oxygen atoms in total. The first-order chi connectivity index (χ1) is 10.5. The minimum atomic E-state index is -0.518. The Morgan fingerprint density at radius 2 is 2.50 bits per heavy atom. The largest absolute Gasteiger partial charge is 0.453 e. The number of alkyl carbamates (subject to hydrolysis) is 1. The highest BCUT2D eigenvalue weighted by molar-refractivity contribution is 9.10. The maximum atomic E-state index is 11.5. The molecule has 2 N–H and O–H groups in total. The number of carbonyl (C=O) groups is 2. The fraction of sp³-hybridized carbons (Fsp3) is 0.643. The number of H-pyrrole nitrogens is 1. The van der Waals surface area contributed by atoms with Gasteiger partial charge in [0, 0.05) is 12.5 Å². The van der Waals surface area contributed by atoms with Crippen LogP contribution in [0.1, 0.15) is 31.6 Å². The average Bonchev–Trinajstić information content (AvgIpc) is 3.14. The zero-order valence-electron chi connectivity index (χ0n) is 12.7. The van der Waals surface area contributed by atoms with E-state index < -0.39 is 6.09 Å². The van der Waals surface area contributed by atoms with Crippen LogP contribution in [-0.2, 0) is 9.53 Å². The summed E-state index contributed by atoms with van der Waals surface area (Å²) in [7, 11) is 1.32. The third kappa shape index (κ3) is 4.07. The molecule has 2 rings (SSSR count). The number of imidazole rings is 1. The van der Waals surface area contributed by atoms with Crippen LogP contribution in [0.3, 0.4) is 0 Å². The van der Waals surface area contributed by atoms with Crippen molar-refractivity contribution in [3.05, 3.63) is 16.6 Å². The summed E-state index contributed by atoms with van der Waals surface area (Å²) in [5.74, 6) is 0.614. The van der Waals surface area contributed by atoms with Crippen molar-refractivity contribution in [3.63, 3.8) is 0 Å². The number of likely N-dealkylation sites (tertiary alicyclic amines) is 1. The SMILES string of the molecule is COC(=O)N[C@H](CN1CCC[C@H]1c1ncc(Br)[nH]1)C(C)C=O. The van der Waals surface area contributed by atoms with Gasteiger partial charge < -0.3 is 19.8 Å². The Kier molecular flexibility index (Phi) is 5.96. The Hall–Kier alpha value is -1.41. The molecule has 0 bridgehead atoms. The summed E-state index contributed by atoms with van der Waals surface area (Å²) in [6.45, 7) is 3.29. The van der Waals surface area contributed by atoms with E-state index in [0.29, 0.717) is 6.54 Å². The van der Waals surface area contributed by atoms with Gasteiger partial charge in [-0.1, -0.05) is 6.92 Å². The predicted octanol–water partition coefficient (Wildman–Crippen LogP) is 1.87. The summed E-state index contributed by atoms with van der Waals surface area (Å²) in [5.41, 5.74) is 0. The molecule has 1 aliphatic heterocycles. The molecule has 0 radical (unpaired) electrons. The molecule has 1 aromatic rings. The molecule has 0 saturated carbocycles. The lowest BCUT2D eigenvalue weighted by Gasteiger charge is -2.29. The fourth-order valence-corrected chi connectivity index (χ4v) is 3.04. The lowest BCUT2D eigenvalue weighted by molar-refractivity contribution is -0.111. The second-order valence-corrected chi connectivity index (χ2v) is 6.36. The highest BCUT2D eigenvalue weighted by atomic mass is 79.9. The van der Waals surface area contributed by atoms with Gasteiger partial charge in [-0.2, -0.15) is 0 Å². The van der Waals surface area contributed by atoms with Crippen molar-refractivity contribution in [1.82, 2.24) is 20.2 Å². The lowest BCUT2D eigenvalue weighted by atomic mass is 10.0. The van der Waals surface area contributed by atoms with Crippen LogP contribution in [-0.4, -0.2) is 53.5 Å². The minimum absolute atomic E-state index is 0.173. The van der Waals surface area contributed by atoms with Crippen LogP contribution in [0, 0.1) is 5.92 Å². The van der Waals surface area contributed by atoms with Crippen LogP contribution < -0.4 is 5.32 Å². The maximum Gasteiger partial charge on any atom is 0.407 e. The first-order valence-corrected chi connectivity index (χ1v) is 8.08. The van der Waals surface area contributed by atoms with E-state index in [0.717, 1.165) is 36.1 Å². The number of hydrogen-bond acceptors (Lipinski definition) is 5. The average molecular weight is 373 g/mol. The monoisotopic (exact) mass is 372 g/mol. The highest BCUT2D eigenvalue weighted by Gasteiger charge is 2.32. The molecule has 1 amide bonds. The zero-order valence-corrected chi connectivity index (χ0v) is 14.3. The van der Waals surface area contributed by atoms with Gasteiger partial charge in [0.1, 0.15) is 16.7 Å². The van der Waals surface area contributed by atoms with Crippen LogP contribution in [0.15, 0.2) is 10.8 Å². The normalized spacial score (nSPS) is 21.3. The summed E-state index contributed by atoms with van der Waals surface area (Å²) in [6, 6.07) is -0.115. The van der Waals surface area contributed by atoms with Crippen LogP contribution in [0.25, 0.3) is 0 Å². The van der Waals surface area contributed by atoms with Gasteiger partial charge >= 0.3 is 6.09 Å². The summed E-state index contributed by atoms with van der Waals surface area (Å²) in [4.78, 5) is 32.4. The Morgan fingerprint density at radius 1 is 1.73 bits per heavy atom. The Bertz CT molecular complexity index is 522. The van der Waals surface area contributed by atoms with E-state index in [-0.39, 0.29) is 18.0 Å². The number of carbonyl (C=O) groups excluding carboxylic acids is 2. The van der Waals surface area contributed by atoms with Gasteiger partial charge in [-0.25, -0.2) is 9.78 Å². The number of amides is 1. The fourth-order valence-electron chi connectivity index (χ4n) is 2.74. The molecule has 22 heavy (non-hydrogen) atoms. The number of ether oxygens (including phenoxy) is 1. The Labute approximate surface area is 137 Å². The first kappa shape index (κ1) is 17.0. The van der Waals surface area contributed by atoms with Gasteiger partial charge in [-0.15, -0.1) is 0 Å². The van der Waals surface area contributed by atoms with Crippen LogP contribution in [0.2, 0.25) is 0 Å². The number of aldehydes is 1. The molecule has 0 aromatic carbocycles. The molecule has 1 aromatic heterocycles. The molecule has 2 heterocycles. The van der Waals surface area contributed by atoms with E-state index in [1.807, 2.05) is 0 Å². The van der Waals surface area contributed by atoms with Crippen LogP contribution in [0.4, 0.5) is 4.79 Å². The molecule has 122 valence electrons.